The highest BCUT2D eigenvalue weighted by Crippen LogP contribution is 2.18. The molecule has 0 aliphatic carbocycles. The molecule has 0 bridgehead atoms. The van der Waals surface area contributed by atoms with Crippen LogP contribution in [0.2, 0.25) is 0 Å². The molecule has 4 nitrogen and oxygen atoms in total. The molecule has 1 aromatic heterocycles. The number of hydrogen-bond acceptors (Lipinski definition) is 3. The fourth-order valence-corrected chi connectivity index (χ4v) is 1.85. The average Bonchev–Trinajstić information content (AvgIpc) is 2.97. The van der Waals surface area contributed by atoms with Crippen molar-refractivity contribution < 1.29 is 14.0 Å². The van der Waals surface area contributed by atoms with Gasteiger partial charge in [0.1, 0.15) is 12.0 Å². The smallest absolute Gasteiger partial charge is 0.251 e. The van der Waals surface area contributed by atoms with Gasteiger partial charge >= 0.3 is 0 Å². The largest absolute Gasteiger partial charge is 0.467 e. The van der Waals surface area contributed by atoms with E-state index in [4.69, 9.17) is 4.42 Å². The van der Waals surface area contributed by atoms with Gasteiger partial charge in [0.2, 0.25) is 0 Å². The zero-order chi connectivity index (χ0) is 13.7. The van der Waals surface area contributed by atoms with Gasteiger partial charge in [0.15, 0.2) is 0 Å². The van der Waals surface area contributed by atoms with Crippen LogP contribution in [0.5, 0.6) is 0 Å². The highest BCUT2D eigenvalue weighted by atomic mass is 16.3. The molecule has 0 saturated carbocycles. The molecule has 1 unspecified atom stereocenters. The van der Waals surface area contributed by atoms with Crippen LogP contribution in [0.3, 0.4) is 0 Å². The first-order valence-electron chi connectivity index (χ1n) is 6.07. The number of carbonyl (C=O) groups is 2. The van der Waals surface area contributed by atoms with Crippen molar-refractivity contribution in [3.63, 3.8) is 0 Å². The van der Waals surface area contributed by atoms with Crippen LogP contribution in [-0.4, -0.2) is 12.2 Å². The van der Waals surface area contributed by atoms with E-state index in [2.05, 4.69) is 5.32 Å². The summed E-state index contributed by atoms with van der Waals surface area (Å²) in [6, 6.07) is 10.7. The van der Waals surface area contributed by atoms with Crippen LogP contribution < -0.4 is 5.32 Å². The Morgan fingerprint density at radius 2 is 2.11 bits per heavy atom. The average molecular weight is 257 g/mol. The first-order chi connectivity index (χ1) is 9.22. The standard InChI is InChI=1S/C15H15NO3/c1-11(10-17)13-6-2-3-7-14(13)15(18)16-9-12-5-4-8-19-12/h2-8,10-11H,9H2,1H3,(H,16,18). The second kappa shape index (κ2) is 6.00. The second-order valence-corrected chi connectivity index (χ2v) is 4.27. The van der Waals surface area contributed by atoms with Crippen molar-refractivity contribution in [2.75, 3.05) is 0 Å². The van der Waals surface area contributed by atoms with Crippen LogP contribution in [0, 0.1) is 0 Å². The summed E-state index contributed by atoms with van der Waals surface area (Å²) in [6.07, 6.45) is 2.39. The highest BCUT2D eigenvalue weighted by Gasteiger charge is 2.15. The lowest BCUT2D eigenvalue weighted by Gasteiger charge is -2.11. The molecular formula is C15H15NO3. The van der Waals surface area contributed by atoms with Crippen LogP contribution >= 0.6 is 0 Å². The van der Waals surface area contributed by atoms with E-state index < -0.39 is 0 Å². The summed E-state index contributed by atoms with van der Waals surface area (Å²) < 4.78 is 5.15. The van der Waals surface area contributed by atoms with Gasteiger partial charge < -0.3 is 14.5 Å². The molecule has 0 aliphatic rings. The number of rotatable bonds is 5. The first-order valence-corrected chi connectivity index (χ1v) is 6.07. The third kappa shape index (κ3) is 3.10. The minimum atomic E-state index is -0.300. The zero-order valence-corrected chi connectivity index (χ0v) is 10.6. The molecule has 1 N–H and O–H groups in total. The van der Waals surface area contributed by atoms with Crippen molar-refractivity contribution in [1.82, 2.24) is 5.32 Å². The minimum Gasteiger partial charge on any atom is -0.467 e. The van der Waals surface area contributed by atoms with Crippen LogP contribution in [0.15, 0.2) is 47.1 Å². The Morgan fingerprint density at radius 3 is 2.79 bits per heavy atom. The fourth-order valence-electron chi connectivity index (χ4n) is 1.85. The van der Waals surface area contributed by atoms with Crippen molar-refractivity contribution >= 4 is 12.2 Å². The van der Waals surface area contributed by atoms with E-state index >= 15 is 0 Å². The Bertz CT molecular complexity index is 561. The molecule has 2 rings (SSSR count). The van der Waals surface area contributed by atoms with Crippen LogP contribution in [-0.2, 0) is 11.3 Å². The molecule has 2 aromatic rings. The van der Waals surface area contributed by atoms with Crippen molar-refractivity contribution in [1.29, 1.82) is 0 Å². The normalized spacial score (nSPS) is 11.8. The molecule has 98 valence electrons. The zero-order valence-electron chi connectivity index (χ0n) is 10.6. The predicted molar refractivity (Wildman–Crippen MR) is 70.8 cm³/mol. The first kappa shape index (κ1) is 13.1. The second-order valence-electron chi connectivity index (χ2n) is 4.27. The van der Waals surface area contributed by atoms with Gasteiger partial charge in [-0.3, -0.25) is 4.79 Å². The Morgan fingerprint density at radius 1 is 1.32 bits per heavy atom. The predicted octanol–water partition coefficient (Wildman–Crippen LogP) is 2.51. The number of hydrogen-bond donors (Lipinski definition) is 1. The Balaban J connectivity index is 2.12. The monoisotopic (exact) mass is 257 g/mol. The number of aldehydes is 1. The molecule has 1 amide bonds. The van der Waals surface area contributed by atoms with E-state index in [-0.39, 0.29) is 11.8 Å². The van der Waals surface area contributed by atoms with Gasteiger partial charge in [-0.25, -0.2) is 0 Å². The van der Waals surface area contributed by atoms with Gasteiger partial charge in [0.05, 0.1) is 12.8 Å². The van der Waals surface area contributed by atoms with Crippen molar-refractivity contribution in [2.45, 2.75) is 19.4 Å². The summed E-state index contributed by atoms with van der Waals surface area (Å²) in [5, 5.41) is 2.77. The SMILES string of the molecule is CC(C=O)c1ccccc1C(=O)NCc1ccco1. The quantitative estimate of drug-likeness (QED) is 0.837. The van der Waals surface area contributed by atoms with Gasteiger partial charge in [-0.05, 0) is 23.8 Å². The summed E-state index contributed by atoms with van der Waals surface area (Å²) in [7, 11) is 0. The van der Waals surface area contributed by atoms with Gasteiger partial charge in [-0.15, -0.1) is 0 Å². The van der Waals surface area contributed by atoms with E-state index in [0.717, 1.165) is 11.8 Å². The molecule has 0 fully saturated rings. The maximum Gasteiger partial charge on any atom is 0.251 e. The van der Waals surface area contributed by atoms with Gasteiger partial charge in [-0.1, -0.05) is 25.1 Å². The van der Waals surface area contributed by atoms with Crippen molar-refractivity contribution in [2.24, 2.45) is 0 Å². The molecule has 0 saturated heterocycles. The molecule has 1 heterocycles. The Hall–Kier alpha value is -2.36. The number of amides is 1. The number of nitrogens with one attached hydrogen (secondary N) is 1. The lowest BCUT2D eigenvalue weighted by atomic mass is 9.96. The van der Waals surface area contributed by atoms with E-state index in [1.54, 1.807) is 43.5 Å². The van der Waals surface area contributed by atoms with Crippen LogP contribution in [0.1, 0.15) is 34.5 Å². The minimum absolute atomic E-state index is 0.208. The topological polar surface area (TPSA) is 59.3 Å². The Labute approximate surface area is 111 Å². The van der Waals surface area contributed by atoms with E-state index in [1.165, 1.54) is 0 Å². The number of benzene rings is 1. The molecule has 0 radical (unpaired) electrons. The molecule has 0 spiro atoms. The molecule has 4 heteroatoms. The lowest BCUT2D eigenvalue weighted by Crippen LogP contribution is -2.24. The summed E-state index contributed by atoms with van der Waals surface area (Å²) in [5.74, 6) is 0.181. The van der Waals surface area contributed by atoms with Gasteiger partial charge in [0, 0.05) is 11.5 Å². The molecule has 1 aromatic carbocycles. The third-order valence-corrected chi connectivity index (χ3v) is 2.90. The van der Waals surface area contributed by atoms with Gasteiger partial charge in [0.25, 0.3) is 5.91 Å². The third-order valence-electron chi connectivity index (χ3n) is 2.90. The van der Waals surface area contributed by atoms with E-state index in [9.17, 15) is 9.59 Å². The molecule has 0 aliphatic heterocycles. The summed E-state index contributed by atoms with van der Waals surface area (Å²) in [5.41, 5.74) is 1.25. The number of carbonyl (C=O) groups excluding carboxylic acids is 2. The molecular weight excluding hydrogens is 242 g/mol. The lowest BCUT2D eigenvalue weighted by molar-refractivity contribution is -0.108. The summed E-state index contributed by atoms with van der Waals surface area (Å²) in [4.78, 5) is 23.0. The highest BCUT2D eigenvalue weighted by molar-refractivity contribution is 5.96. The molecule has 1 atom stereocenters. The van der Waals surface area contributed by atoms with Crippen LogP contribution in [0.25, 0.3) is 0 Å². The van der Waals surface area contributed by atoms with Crippen molar-refractivity contribution in [3.05, 3.63) is 59.5 Å². The maximum absolute atomic E-state index is 12.1. The number of furan rings is 1. The van der Waals surface area contributed by atoms with Crippen molar-refractivity contribution in [3.8, 4) is 0 Å². The maximum atomic E-state index is 12.1. The summed E-state index contributed by atoms with van der Waals surface area (Å²) in [6.45, 7) is 2.10. The van der Waals surface area contributed by atoms with E-state index in [1.807, 2.05) is 6.07 Å². The Kier molecular flexibility index (Phi) is 4.13. The van der Waals surface area contributed by atoms with E-state index in [0.29, 0.717) is 17.9 Å². The summed E-state index contributed by atoms with van der Waals surface area (Å²) >= 11 is 0. The fraction of sp³-hybridized carbons (Fsp3) is 0.200. The molecule has 19 heavy (non-hydrogen) atoms. The van der Waals surface area contributed by atoms with Crippen LogP contribution in [0.4, 0.5) is 0 Å². The van der Waals surface area contributed by atoms with Gasteiger partial charge in [-0.2, -0.15) is 0 Å².